The summed E-state index contributed by atoms with van der Waals surface area (Å²) in [5.74, 6) is 1.40. The van der Waals surface area contributed by atoms with Crippen molar-refractivity contribution < 1.29 is 9.84 Å². The highest BCUT2D eigenvalue weighted by atomic mass is 16.5. The Kier molecular flexibility index (Phi) is 2.53. The van der Waals surface area contributed by atoms with E-state index in [0.29, 0.717) is 11.6 Å². The number of fused-ring (bicyclic) bond motifs is 1. The molecule has 0 aliphatic heterocycles. The number of nitrogens with zero attached hydrogens (tertiary/aromatic N) is 2. The maximum atomic E-state index is 9.39. The molecular weight excluding hydrogens is 228 g/mol. The molecule has 0 atom stereocenters. The van der Waals surface area contributed by atoms with Gasteiger partial charge in [0.1, 0.15) is 11.5 Å². The number of benzene rings is 2. The van der Waals surface area contributed by atoms with Gasteiger partial charge < -0.3 is 9.84 Å². The Hall–Kier alpha value is -2.62. The molecule has 4 heteroatoms. The van der Waals surface area contributed by atoms with E-state index in [2.05, 4.69) is 9.97 Å². The summed E-state index contributed by atoms with van der Waals surface area (Å²) in [4.78, 5) is 7.98. The van der Waals surface area contributed by atoms with E-state index in [1.165, 1.54) is 0 Å². The lowest BCUT2D eigenvalue weighted by molar-refractivity contribution is 0.460. The lowest BCUT2D eigenvalue weighted by Crippen LogP contribution is -1.88. The molecule has 0 amide bonds. The van der Waals surface area contributed by atoms with Gasteiger partial charge in [0.2, 0.25) is 5.88 Å². The smallest absolute Gasteiger partial charge is 0.237 e. The van der Waals surface area contributed by atoms with E-state index in [9.17, 15) is 5.11 Å². The van der Waals surface area contributed by atoms with E-state index in [1.807, 2.05) is 24.3 Å². The van der Waals surface area contributed by atoms with Gasteiger partial charge in [0.05, 0.1) is 6.20 Å². The molecule has 88 valence electrons. The largest absolute Gasteiger partial charge is 0.508 e. The number of ether oxygens (including phenoxy) is 1. The number of hydrogen-bond acceptors (Lipinski definition) is 4. The first-order valence-electron chi connectivity index (χ1n) is 5.48. The summed E-state index contributed by atoms with van der Waals surface area (Å²) in [6, 6.07) is 10.8. The van der Waals surface area contributed by atoms with Crippen molar-refractivity contribution in [1.29, 1.82) is 0 Å². The van der Waals surface area contributed by atoms with Gasteiger partial charge in [-0.05, 0) is 35.0 Å². The molecule has 0 bridgehead atoms. The highest BCUT2D eigenvalue weighted by molar-refractivity contribution is 5.85. The lowest BCUT2D eigenvalue weighted by atomic mass is 10.1. The summed E-state index contributed by atoms with van der Waals surface area (Å²) in [6.07, 6.45) is 4.73. The molecule has 3 aromatic rings. The standard InChI is InChI=1S/C14H10N2O2/c17-12-3-1-11-8-13(4-2-10(11)7-12)18-14-9-15-5-6-16-14/h1-9,17H. The molecule has 1 N–H and O–H groups in total. The van der Waals surface area contributed by atoms with Crippen molar-refractivity contribution >= 4 is 10.8 Å². The first kappa shape index (κ1) is 10.5. The van der Waals surface area contributed by atoms with Crippen LogP contribution in [0.15, 0.2) is 55.0 Å². The molecule has 4 nitrogen and oxygen atoms in total. The quantitative estimate of drug-likeness (QED) is 0.745. The maximum Gasteiger partial charge on any atom is 0.237 e. The molecule has 3 rings (SSSR count). The number of aromatic hydroxyl groups is 1. The van der Waals surface area contributed by atoms with Crippen molar-refractivity contribution in [3.63, 3.8) is 0 Å². The highest BCUT2D eigenvalue weighted by Crippen LogP contribution is 2.26. The predicted molar refractivity (Wildman–Crippen MR) is 67.7 cm³/mol. The number of phenols is 1. The molecule has 0 unspecified atom stereocenters. The van der Waals surface area contributed by atoms with Gasteiger partial charge in [-0.1, -0.05) is 12.1 Å². The van der Waals surface area contributed by atoms with Gasteiger partial charge in [-0.25, -0.2) is 4.98 Å². The van der Waals surface area contributed by atoms with E-state index in [4.69, 9.17) is 4.74 Å². The maximum absolute atomic E-state index is 9.39. The number of phenolic OH excluding ortho intramolecular Hbond substituents is 1. The van der Waals surface area contributed by atoms with Crippen LogP contribution in [0.3, 0.4) is 0 Å². The zero-order chi connectivity index (χ0) is 12.4. The summed E-state index contributed by atoms with van der Waals surface area (Å²) >= 11 is 0. The Labute approximate surface area is 104 Å². The van der Waals surface area contributed by atoms with Crippen LogP contribution in [-0.2, 0) is 0 Å². The van der Waals surface area contributed by atoms with Gasteiger partial charge in [-0.15, -0.1) is 0 Å². The summed E-state index contributed by atoms with van der Waals surface area (Å²) in [7, 11) is 0. The molecule has 0 saturated heterocycles. The average molecular weight is 238 g/mol. The third-order valence-corrected chi connectivity index (χ3v) is 2.56. The van der Waals surface area contributed by atoms with Crippen LogP contribution < -0.4 is 4.74 Å². The molecular formula is C14H10N2O2. The number of hydrogen-bond donors (Lipinski definition) is 1. The summed E-state index contributed by atoms with van der Waals surface area (Å²) in [5.41, 5.74) is 0. The van der Waals surface area contributed by atoms with Gasteiger partial charge in [-0.2, -0.15) is 0 Å². The molecule has 0 aliphatic rings. The summed E-state index contributed by atoms with van der Waals surface area (Å²) in [6.45, 7) is 0. The van der Waals surface area contributed by atoms with E-state index in [-0.39, 0.29) is 5.75 Å². The van der Waals surface area contributed by atoms with Gasteiger partial charge in [0.15, 0.2) is 0 Å². The Bertz CT molecular complexity index is 684. The minimum atomic E-state index is 0.255. The molecule has 0 saturated carbocycles. The summed E-state index contributed by atoms with van der Waals surface area (Å²) in [5, 5.41) is 11.3. The Morgan fingerprint density at radius 1 is 0.944 bits per heavy atom. The van der Waals surface area contributed by atoms with Crippen molar-refractivity contribution in [3.05, 3.63) is 55.0 Å². The molecule has 1 aromatic heterocycles. The van der Waals surface area contributed by atoms with Crippen LogP contribution >= 0.6 is 0 Å². The van der Waals surface area contributed by atoms with E-state index in [1.54, 1.807) is 30.7 Å². The van der Waals surface area contributed by atoms with Crippen LogP contribution in [0.2, 0.25) is 0 Å². The third-order valence-electron chi connectivity index (χ3n) is 2.56. The molecule has 0 radical (unpaired) electrons. The van der Waals surface area contributed by atoms with E-state index >= 15 is 0 Å². The second kappa shape index (κ2) is 4.33. The zero-order valence-electron chi connectivity index (χ0n) is 9.45. The van der Waals surface area contributed by atoms with Crippen molar-refractivity contribution in [2.24, 2.45) is 0 Å². The molecule has 0 fully saturated rings. The lowest BCUT2D eigenvalue weighted by Gasteiger charge is -2.05. The normalized spacial score (nSPS) is 10.4. The minimum absolute atomic E-state index is 0.255. The van der Waals surface area contributed by atoms with E-state index < -0.39 is 0 Å². The Morgan fingerprint density at radius 3 is 2.61 bits per heavy atom. The fraction of sp³-hybridized carbons (Fsp3) is 0. The van der Waals surface area contributed by atoms with E-state index in [0.717, 1.165) is 10.8 Å². The van der Waals surface area contributed by atoms with Gasteiger partial charge in [-0.3, -0.25) is 4.98 Å². The fourth-order valence-electron chi connectivity index (χ4n) is 1.73. The number of rotatable bonds is 2. The van der Waals surface area contributed by atoms with Crippen LogP contribution in [0.4, 0.5) is 0 Å². The fourth-order valence-corrected chi connectivity index (χ4v) is 1.73. The zero-order valence-corrected chi connectivity index (χ0v) is 9.45. The molecule has 1 heterocycles. The van der Waals surface area contributed by atoms with Crippen molar-refractivity contribution in [3.8, 4) is 17.4 Å². The molecule has 2 aromatic carbocycles. The summed E-state index contributed by atoms with van der Waals surface area (Å²) < 4.78 is 5.58. The third kappa shape index (κ3) is 2.08. The van der Waals surface area contributed by atoms with Crippen LogP contribution in [0.5, 0.6) is 17.4 Å². The molecule has 0 aliphatic carbocycles. The first-order valence-corrected chi connectivity index (χ1v) is 5.48. The van der Waals surface area contributed by atoms with Crippen molar-refractivity contribution in [2.75, 3.05) is 0 Å². The molecule has 18 heavy (non-hydrogen) atoms. The first-order chi connectivity index (χ1) is 8.81. The van der Waals surface area contributed by atoms with Crippen LogP contribution in [0.1, 0.15) is 0 Å². The van der Waals surface area contributed by atoms with Crippen LogP contribution in [0, 0.1) is 0 Å². The highest BCUT2D eigenvalue weighted by Gasteiger charge is 2.01. The second-order valence-corrected chi connectivity index (χ2v) is 3.84. The minimum Gasteiger partial charge on any atom is -0.508 e. The van der Waals surface area contributed by atoms with Crippen molar-refractivity contribution in [1.82, 2.24) is 9.97 Å². The Morgan fingerprint density at radius 2 is 1.78 bits per heavy atom. The second-order valence-electron chi connectivity index (χ2n) is 3.84. The Balaban J connectivity index is 1.96. The topological polar surface area (TPSA) is 55.2 Å². The monoisotopic (exact) mass is 238 g/mol. The van der Waals surface area contributed by atoms with Gasteiger partial charge in [0, 0.05) is 12.4 Å². The SMILES string of the molecule is Oc1ccc2cc(Oc3cnccn3)ccc2c1. The predicted octanol–water partition coefficient (Wildman–Crippen LogP) is 3.13. The van der Waals surface area contributed by atoms with Crippen molar-refractivity contribution in [2.45, 2.75) is 0 Å². The number of aromatic nitrogens is 2. The van der Waals surface area contributed by atoms with Crippen LogP contribution in [-0.4, -0.2) is 15.1 Å². The molecule has 0 spiro atoms. The van der Waals surface area contributed by atoms with Crippen LogP contribution in [0.25, 0.3) is 10.8 Å². The average Bonchev–Trinajstić information content (AvgIpc) is 2.40. The van der Waals surface area contributed by atoms with Gasteiger partial charge in [0.25, 0.3) is 0 Å². The van der Waals surface area contributed by atoms with Gasteiger partial charge >= 0.3 is 0 Å².